The van der Waals surface area contributed by atoms with Crippen LogP contribution in [0, 0.1) is 0 Å². The summed E-state index contributed by atoms with van der Waals surface area (Å²) >= 11 is 0. The zero-order chi connectivity index (χ0) is 19.5. The molecule has 0 spiro atoms. The van der Waals surface area contributed by atoms with Gasteiger partial charge < -0.3 is 5.32 Å². The van der Waals surface area contributed by atoms with Crippen LogP contribution in [0.25, 0.3) is 33.0 Å². The van der Waals surface area contributed by atoms with Crippen LogP contribution in [0.5, 0.6) is 0 Å². The lowest BCUT2D eigenvalue weighted by Gasteiger charge is -2.12. The van der Waals surface area contributed by atoms with Crippen molar-refractivity contribution in [1.29, 1.82) is 0 Å². The van der Waals surface area contributed by atoms with E-state index < -0.39 is 0 Å². The molecule has 0 radical (unpaired) electrons. The standard InChI is InChI=1S/C28H21N/c1-2-9-21(10-3-1)23-13-6-14-24(19-23)25-15-7-16-26(20-25)29-28-18-8-12-22-11-4-5-17-27(22)28/h1-20,29H. The summed E-state index contributed by atoms with van der Waals surface area (Å²) in [6, 6.07) is 42.7. The number of benzene rings is 5. The van der Waals surface area contributed by atoms with Gasteiger partial charge in [0.1, 0.15) is 0 Å². The third-order valence-corrected chi connectivity index (χ3v) is 5.23. The molecule has 29 heavy (non-hydrogen) atoms. The maximum Gasteiger partial charge on any atom is 0.0463 e. The minimum Gasteiger partial charge on any atom is -0.355 e. The summed E-state index contributed by atoms with van der Waals surface area (Å²) in [4.78, 5) is 0. The Labute approximate surface area is 171 Å². The molecule has 5 rings (SSSR count). The van der Waals surface area contributed by atoms with Crippen LogP contribution in [-0.2, 0) is 0 Å². The quantitative estimate of drug-likeness (QED) is 0.338. The van der Waals surface area contributed by atoms with E-state index in [0.717, 1.165) is 11.4 Å². The summed E-state index contributed by atoms with van der Waals surface area (Å²) < 4.78 is 0. The van der Waals surface area contributed by atoms with Gasteiger partial charge in [-0.05, 0) is 51.9 Å². The molecule has 0 amide bonds. The Bertz CT molecular complexity index is 1270. The van der Waals surface area contributed by atoms with Crippen molar-refractivity contribution in [3.05, 3.63) is 121 Å². The van der Waals surface area contributed by atoms with Gasteiger partial charge in [-0.25, -0.2) is 0 Å². The lowest BCUT2D eigenvalue weighted by Crippen LogP contribution is -1.92. The van der Waals surface area contributed by atoms with Gasteiger partial charge in [-0.2, -0.15) is 0 Å². The molecule has 1 nitrogen and oxygen atoms in total. The Hall–Kier alpha value is -3.84. The van der Waals surface area contributed by atoms with Gasteiger partial charge in [0.2, 0.25) is 0 Å². The van der Waals surface area contributed by atoms with E-state index >= 15 is 0 Å². The first-order valence-electron chi connectivity index (χ1n) is 9.87. The molecule has 0 bridgehead atoms. The largest absolute Gasteiger partial charge is 0.355 e. The summed E-state index contributed by atoms with van der Waals surface area (Å²) in [6.07, 6.45) is 0. The Morgan fingerprint density at radius 2 is 1.00 bits per heavy atom. The minimum absolute atomic E-state index is 1.09. The molecular weight excluding hydrogens is 350 g/mol. The molecule has 0 heterocycles. The average Bonchev–Trinajstić information content (AvgIpc) is 2.80. The van der Waals surface area contributed by atoms with Gasteiger partial charge >= 0.3 is 0 Å². The first-order chi connectivity index (χ1) is 14.4. The van der Waals surface area contributed by atoms with Gasteiger partial charge in [-0.3, -0.25) is 0 Å². The summed E-state index contributed by atoms with van der Waals surface area (Å²) in [5.41, 5.74) is 7.10. The van der Waals surface area contributed by atoms with Gasteiger partial charge in [-0.1, -0.05) is 97.1 Å². The van der Waals surface area contributed by atoms with E-state index in [9.17, 15) is 0 Å². The monoisotopic (exact) mass is 371 g/mol. The third kappa shape index (κ3) is 3.63. The smallest absolute Gasteiger partial charge is 0.0463 e. The van der Waals surface area contributed by atoms with Crippen molar-refractivity contribution >= 4 is 22.1 Å². The Balaban J connectivity index is 1.49. The fourth-order valence-electron chi connectivity index (χ4n) is 3.78. The Kier molecular flexibility index (Phi) is 4.56. The van der Waals surface area contributed by atoms with Crippen LogP contribution >= 0.6 is 0 Å². The molecule has 0 aliphatic heterocycles. The molecule has 0 unspecified atom stereocenters. The van der Waals surface area contributed by atoms with Crippen LogP contribution in [0.2, 0.25) is 0 Å². The topological polar surface area (TPSA) is 12.0 Å². The first kappa shape index (κ1) is 17.3. The van der Waals surface area contributed by atoms with E-state index in [1.165, 1.54) is 33.0 Å². The fourth-order valence-corrected chi connectivity index (χ4v) is 3.78. The Morgan fingerprint density at radius 3 is 1.86 bits per heavy atom. The first-order valence-corrected chi connectivity index (χ1v) is 9.87. The molecular formula is C28H21N. The normalized spacial score (nSPS) is 10.8. The van der Waals surface area contributed by atoms with Gasteiger partial charge in [-0.15, -0.1) is 0 Å². The third-order valence-electron chi connectivity index (χ3n) is 5.23. The molecule has 0 atom stereocenters. The molecule has 0 saturated carbocycles. The lowest BCUT2D eigenvalue weighted by molar-refractivity contribution is 1.55. The number of hydrogen-bond donors (Lipinski definition) is 1. The van der Waals surface area contributed by atoms with Gasteiger partial charge in [0, 0.05) is 16.8 Å². The van der Waals surface area contributed by atoms with Gasteiger partial charge in [0.25, 0.3) is 0 Å². The summed E-state index contributed by atoms with van der Waals surface area (Å²) in [7, 11) is 0. The molecule has 0 aromatic heterocycles. The number of nitrogens with one attached hydrogen (secondary N) is 1. The molecule has 0 fully saturated rings. The molecule has 5 aromatic rings. The van der Waals surface area contributed by atoms with E-state index in [1.807, 2.05) is 0 Å². The van der Waals surface area contributed by atoms with Crippen molar-refractivity contribution in [2.75, 3.05) is 5.32 Å². The van der Waals surface area contributed by atoms with Crippen molar-refractivity contribution in [2.24, 2.45) is 0 Å². The van der Waals surface area contributed by atoms with Crippen molar-refractivity contribution in [3.63, 3.8) is 0 Å². The van der Waals surface area contributed by atoms with Gasteiger partial charge in [0.15, 0.2) is 0 Å². The van der Waals surface area contributed by atoms with Crippen molar-refractivity contribution in [2.45, 2.75) is 0 Å². The second-order valence-electron chi connectivity index (χ2n) is 7.18. The highest BCUT2D eigenvalue weighted by molar-refractivity contribution is 5.95. The summed E-state index contributed by atoms with van der Waals surface area (Å²) in [5.74, 6) is 0. The SMILES string of the molecule is c1ccc(-c2cccc(-c3cccc(Nc4cccc5ccccc45)c3)c2)cc1. The van der Waals surface area contributed by atoms with Crippen LogP contribution in [-0.4, -0.2) is 0 Å². The van der Waals surface area contributed by atoms with E-state index in [4.69, 9.17) is 0 Å². The van der Waals surface area contributed by atoms with Crippen LogP contribution < -0.4 is 5.32 Å². The minimum atomic E-state index is 1.09. The molecule has 1 heteroatoms. The Morgan fingerprint density at radius 1 is 0.414 bits per heavy atom. The van der Waals surface area contributed by atoms with E-state index in [1.54, 1.807) is 0 Å². The highest BCUT2D eigenvalue weighted by atomic mass is 14.9. The highest BCUT2D eigenvalue weighted by Gasteiger charge is 2.05. The molecule has 0 aliphatic carbocycles. The maximum atomic E-state index is 3.60. The number of rotatable bonds is 4. The predicted molar refractivity (Wildman–Crippen MR) is 125 cm³/mol. The molecule has 0 saturated heterocycles. The van der Waals surface area contributed by atoms with E-state index in [-0.39, 0.29) is 0 Å². The highest BCUT2D eigenvalue weighted by Crippen LogP contribution is 2.30. The second-order valence-corrected chi connectivity index (χ2v) is 7.18. The maximum absolute atomic E-state index is 3.60. The van der Waals surface area contributed by atoms with E-state index in [2.05, 4.69) is 127 Å². The lowest BCUT2D eigenvalue weighted by atomic mass is 9.99. The fraction of sp³-hybridized carbons (Fsp3) is 0. The molecule has 5 aromatic carbocycles. The number of anilines is 2. The molecule has 1 N–H and O–H groups in total. The van der Waals surface area contributed by atoms with Crippen LogP contribution in [0.4, 0.5) is 11.4 Å². The van der Waals surface area contributed by atoms with Crippen LogP contribution in [0.15, 0.2) is 121 Å². The molecule has 138 valence electrons. The number of fused-ring (bicyclic) bond motifs is 1. The summed E-state index contributed by atoms with van der Waals surface area (Å²) in [5, 5.41) is 6.07. The average molecular weight is 371 g/mol. The van der Waals surface area contributed by atoms with E-state index in [0.29, 0.717) is 0 Å². The number of hydrogen-bond acceptors (Lipinski definition) is 1. The van der Waals surface area contributed by atoms with Crippen molar-refractivity contribution in [1.82, 2.24) is 0 Å². The zero-order valence-electron chi connectivity index (χ0n) is 16.0. The summed E-state index contributed by atoms with van der Waals surface area (Å²) in [6.45, 7) is 0. The van der Waals surface area contributed by atoms with Crippen LogP contribution in [0.3, 0.4) is 0 Å². The molecule has 0 aliphatic rings. The van der Waals surface area contributed by atoms with Gasteiger partial charge in [0.05, 0.1) is 0 Å². The van der Waals surface area contributed by atoms with Crippen LogP contribution in [0.1, 0.15) is 0 Å². The second kappa shape index (κ2) is 7.65. The van der Waals surface area contributed by atoms with Crippen molar-refractivity contribution in [3.8, 4) is 22.3 Å². The zero-order valence-corrected chi connectivity index (χ0v) is 16.0. The predicted octanol–water partition coefficient (Wildman–Crippen LogP) is 7.92. The van der Waals surface area contributed by atoms with Crippen molar-refractivity contribution < 1.29 is 0 Å².